The molecule has 0 aliphatic heterocycles. The van der Waals surface area contributed by atoms with Crippen LogP contribution in [0.3, 0.4) is 0 Å². The predicted molar refractivity (Wildman–Crippen MR) is 90.2 cm³/mol. The van der Waals surface area contributed by atoms with Crippen LogP contribution in [0.2, 0.25) is 5.02 Å². The zero-order chi connectivity index (χ0) is 15.9. The van der Waals surface area contributed by atoms with Gasteiger partial charge in [-0.15, -0.1) is 0 Å². The van der Waals surface area contributed by atoms with E-state index in [9.17, 15) is 9.59 Å². The second kappa shape index (κ2) is 7.77. The van der Waals surface area contributed by atoms with Crippen LogP contribution in [-0.4, -0.2) is 11.8 Å². The van der Waals surface area contributed by atoms with E-state index >= 15 is 0 Å². The molecule has 0 aliphatic rings. The van der Waals surface area contributed by atoms with Gasteiger partial charge >= 0.3 is 0 Å². The summed E-state index contributed by atoms with van der Waals surface area (Å²) in [5, 5.41) is 0.540. The van der Waals surface area contributed by atoms with Gasteiger partial charge in [-0.25, -0.2) is 0 Å². The minimum Gasteiger partial charge on any atom is -0.268 e. The van der Waals surface area contributed by atoms with Crippen molar-refractivity contribution in [1.82, 2.24) is 10.9 Å². The maximum absolute atomic E-state index is 11.8. The number of carbonyl (C=O) groups excluding carboxylic acids is 2. The predicted octanol–water partition coefficient (Wildman–Crippen LogP) is 3.58. The Labute approximate surface area is 141 Å². The smallest absolute Gasteiger partial charge is 0.268 e. The first-order valence-electron chi connectivity index (χ1n) is 6.34. The molecule has 0 aliphatic carbocycles. The van der Waals surface area contributed by atoms with Crippen LogP contribution in [0.4, 0.5) is 0 Å². The fraction of sp³-hybridized carbons (Fsp3) is 0. The summed E-state index contributed by atoms with van der Waals surface area (Å²) in [7, 11) is 0. The van der Waals surface area contributed by atoms with E-state index in [1.807, 2.05) is 24.3 Å². The number of hydrazine groups is 1. The highest BCUT2D eigenvalue weighted by Gasteiger charge is 2.05. The van der Waals surface area contributed by atoms with Crippen molar-refractivity contribution >= 4 is 45.4 Å². The van der Waals surface area contributed by atoms with Gasteiger partial charge in [-0.2, -0.15) is 0 Å². The van der Waals surface area contributed by atoms with Crippen molar-refractivity contribution in [3.05, 3.63) is 75.2 Å². The van der Waals surface area contributed by atoms with E-state index in [-0.39, 0.29) is 0 Å². The highest BCUT2D eigenvalue weighted by Crippen LogP contribution is 2.11. The van der Waals surface area contributed by atoms with E-state index in [1.165, 1.54) is 6.08 Å². The Morgan fingerprint density at radius 1 is 0.955 bits per heavy atom. The van der Waals surface area contributed by atoms with E-state index in [0.717, 1.165) is 10.0 Å². The SMILES string of the molecule is O=C(/C=C/c1ccc(Br)cc1)NNC(=O)c1ccc(Cl)cc1. The maximum Gasteiger partial charge on any atom is 0.269 e. The summed E-state index contributed by atoms with van der Waals surface area (Å²) in [4.78, 5) is 23.4. The fourth-order valence-electron chi connectivity index (χ4n) is 1.58. The van der Waals surface area contributed by atoms with Gasteiger partial charge in [-0.3, -0.25) is 20.4 Å². The zero-order valence-corrected chi connectivity index (χ0v) is 13.7. The van der Waals surface area contributed by atoms with Crippen molar-refractivity contribution in [3.63, 3.8) is 0 Å². The standard InChI is InChI=1S/C16H12BrClN2O2/c17-13-6-1-11(2-7-13)3-10-15(21)19-20-16(22)12-4-8-14(18)9-5-12/h1-10H,(H,19,21)(H,20,22)/b10-3+. The van der Waals surface area contributed by atoms with Gasteiger partial charge in [0.1, 0.15) is 0 Å². The summed E-state index contributed by atoms with van der Waals surface area (Å²) in [6.45, 7) is 0. The summed E-state index contributed by atoms with van der Waals surface area (Å²) in [6.07, 6.45) is 2.99. The van der Waals surface area contributed by atoms with Crippen molar-refractivity contribution < 1.29 is 9.59 Å². The molecule has 2 aromatic rings. The van der Waals surface area contributed by atoms with Crippen molar-refractivity contribution in [2.75, 3.05) is 0 Å². The first-order chi connectivity index (χ1) is 10.5. The molecule has 0 fully saturated rings. The molecule has 0 radical (unpaired) electrons. The number of amides is 2. The normalized spacial score (nSPS) is 10.5. The number of carbonyl (C=O) groups is 2. The topological polar surface area (TPSA) is 58.2 Å². The van der Waals surface area contributed by atoms with E-state index in [0.29, 0.717) is 10.6 Å². The van der Waals surface area contributed by atoms with Crippen LogP contribution in [0, 0.1) is 0 Å². The lowest BCUT2D eigenvalue weighted by Crippen LogP contribution is -2.40. The van der Waals surface area contributed by atoms with Crippen molar-refractivity contribution in [2.24, 2.45) is 0 Å². The van der Waals surface area contributed by atoms with Crippen LogP contribution < -0.4 is 10.9 Å². The number of halogens is 2. The van der Waals surface area contributed by atoms with Gasteiger partial charge in [0.15, 0.2) is 0 Å². The first kappa shape index (κ1) is 16.3. The third kappa shape index (κ3) is 5.02. The van der Waals surface area contributed by atoms with Crippen molar-refractivity contribution in [1.29, 1.82) is 0 Å². The molecule has 2 aromatic carbocycles. The molecule has 0 spiro atoms. The molecule has 2 N–H and O–H groups in total. The maximum atomic E-state index is 11.8. The summed E-state index contributed by atoms with van der Waals surface area (Å²) in [5.41, 5.74) is 5.91. The Morgan fingerprint density at radius 2 is 1.59 bits per heavy atom. The zero-order valence-electron chi connectivity index (χ0n) is 11.3. The molecule has 0 bridgehead atoms. The summed E-state index contributed by atoms with van der Waals surface area (Å²) in [6, 6.07) is 13.8. The first-order valence-corrected chi connectivity index (χ1v) is 7.51. The molecule has 2 rings (SSSR count). The highest BCUT2D eigenvalue weighted by atomic mass is 79.9. The number of hydrogen-bond acceptors (Lipinski definition) is 2. The van der Waals surface area contributed by atoms with Gasteiger partial charge in [0, 0.05) is 21.1 Å². The molecule has 0 unspecified atom stereocenters. The van der Waals surface area contributed by atoms with E-state index in [4.69, 9.17) is 11.6 Å². The Balaban J connectivity index is 1.86. The van der Waals surface area contributed by atoms with E-state index in [2.05, 4.69) is 26.8 Å². The minimum absolute atomic E-state index is 0.404. The summed E-state index contributed by atoms with van der Waals surface area (Å²) < 4.78 is 0.962. The molecule has 0 saturated carbocycles. The van der Waals surface area contributed by atoms with Gasteiger partial charge in [0.05, 0.1) is 0 Å². The molecule has 2 amide bonds. The molecule has 4 nitrogen and oxygen atoms in total. The lowest BCUT2D eigenvalue weighted by molar-refractivity contribution is -0.117. The fourth-order valence-corrected chi connectivity index (χ4v) is 1.97. The Hall–Kier alpha value is -2.11. The number of hydrogen-bond donors (Lipinski definition) is 2. The molecule has 0 saturated heterocycles. The van der Waals surface area contributed by atoms with Crippen LogP contribution in [0.25, 0.3) is 6.08 Å². The lowest BCUT2D eigenvalue weighted by Gasteiger charge is -2.05. The second-order valence-corrected chi connectivity index (χ2v) is 5.69. The third-order valence-corrected chi connectivity index (χ3v) is 3.48. The highest BCUT2D eigenvalue weighted by molar-refractivity contribution is 9.10. The van der Waals surface area contributed by atoms with E-state index < -0.39 is 11.8 Å². The van der Waals surface area contributed by atoms with Gasteiger partial charge in [-0.05, 0) is 48.0 Å². The van der Waals surface area contributed by atoms with Crippen LogP contribution in [0.1, 0.15) is 15.9 Å². The summed E-state index contributed by atoms with van der Waals surface area (Å²) >= 11 is 9.07. The second-order valence-electron chi connectivity index (χ2n) is 4.34. The monoisotopic (exact) mass is 378 g/mol. The lowest BCUT2D eigenvalue weighted by atomic mass is 10.2. The van der Waals surface area contributed by atoms with Crippen LogP contribution in [-0.2, 0) is 4.79 Å². The van der Waals surface area contributed by atoms with Crippen LogP contribution >= 0.6 is 27.5 Å². The largest absolute Gasteiger partial charge is 0.269 e. The molecule has 6 heteroatoms. The Morgan fingerprint density at radius 3 is 2.23 bits per heavy atom. The number of nitrogens with one attached hydrogen (secondary N) is 2. The average molecular weight is 380 g/mol. The molecule has 22 heavy (non-hydrogen) atoms. The van der Waals surface area contributed by atoms with Gasteiger partial charge in [0.25, 0.3) is 11.8 Å². The molecule has 0 aromatic heterocycles. The van der Waals surface area contributed by atoms with Gasteiger partial charge < -0.3 is 0 Å². The Kier molecular flexibility index (Phi) is 5.75. The molecular weight excluding hydrogens is 368 g/mol. The average Bonchev–Trinajstić information content (AvgIpc) is 2.52. The van der Waals surface area contributed by atoms with Crippen LogP contribution in [0.5, 0.6) is 0 Å². The molecular formula is C16H12BrClN2O2. The minimum atomic E-state index is -0.426. The number of rotatable bonds is 3. The van der Waals surface area contributed by atoms with Crippen molar-refractivity contribution in [3.8, 4) is 0 Å². The molecule has 112 valence electrons. The molecule has 0 atom stereocenters. The van der Waals surface area contributed by atoms with E-state index in [1.54, 1.807) is 30.3 Å². The third-order valence-electron chi connectivity index (χ3n) is 2.70. The van der Waals surface area contributed by atoms with Crippen molar-refractivity contribution in [2.45, 2.75) is 0 Å². The Bertz CT molecular complexity index is 697. The summed E-state index contributed by atoms with van der Waals surface area (Å²) in [5.74, 6) is -0.840. The van der Waals surface area contributed by atoms with Crippen LogP contribution in [0.15, 0.2) is 59.1 Å². The number of benzene rings is 2. The molecule has 0 heterocycles. The quantitative estimate of drug-likeness (QED) is 0.632. The van der Waals surface area contributed by atoms with Gasteiger partial charge in [-0.1, -0.05) is 39.7 Å². The van der Waals surface area contributed by atoms with Gasteiger partial charge in [0.2, 0.25) is 0 Å².